The summed E-state index contributed by atoms with van der Waals surface area (Å²) in [5.41, 5.74) is 2.22. The molecule has 0 unspecified atom stereocenters. The highest BCUT2D eigenvalue weighted by Gasteiger charge is 2.33. The lowest BCUT2D eigenvalue weighted by Crippen LogP contribution is -2.42. The second-order valence-corrected chi connectivity index (χ2v) is 5.70. The smallest absolute Gasteiger partial charge is 0.258 e. The number of para-hydroxylation sites is 1. The molecule has 1 amide bonds. The fourth-order valence-corrected chi connectivity index (χ4v) is 2.98. The van der Waals surface area contributed by atoms with Crippen LogP contribution in [0.15, 0.2) is 71.3 Å². The van der Waals surface area contributed by atoms with E-state index in [0.717, 1.165) is 11.3 Å². The molecule has 0 spiro atoms. The zero-order chi connectivity index (χ0) is 16.5. The van der Waals surface area contributed by atoms with Crippen molar-refractivity contribution in [1.29, 1.82) is 0 Å². The Balaban J connectivity index is 1.78. The van der Waals surface area contributed by atoms with Crippen LogP contribution in [-0.4, -0.2) is 15.9 Å². The third kappa shape index (κ3) is 2.50. The van der Waals surface area contributed by atoms with Crippen LogP contribution in [0, 0.1) is 0 Å². The minimum Gasteiger partial charge on any atom is -0.508 e. The predicted octanol–water partition coefficient (Wildman–Crippen LogP) is 3.75. The summed E-state index contributed by atoms with van der Waals surface area (Å²) in [6.07, 6.45) is 1.21. The Morgan fingerprint density at radius 2 is 1.96 bits per heavy atom. The van der Waals surface area contributed by atoms with Gasteiger partial charge in [0.15, 0.2) is 0 Å². The maximum absolute atomic E-state index is 13.0. The molecule has 0 radical (unpaired) electrons. The second-order valence-electron chi connectivity index (χ2n) is 5.70. The van der Waals surface area contributed by atoms with Gasteiger partial charge >= 0.3 is 0 Å². The quantitative estimate of drug-likeness (QED) is 0.771. The minimum absolute atomic E-state index is 0.0749. The third-order valence-corrected chi connectivity index (χ3v) is 4.11. The van der Waals surface area contributed by atoms with Crippen molar-refractivity contribution in [1.82, 2.24) is 4.90 Å². The van der Waals surface area contributed by atoms with E-state index in [-0.39, 0.29) is 17.8 Å². The van der Waals surface area contributed by atoms with Crippen molar-refractivity contribution in [2.75, 3.05) is 5.32 Å². The maximum atomic E-state index is 13.0. The third-order valence-electron chi connectivity index (χ3n) is 4.11. The Hall–Kier alpha value is -3.21. The van der Waals surface area contributed by atoms with E-state index >= 15 is 0 Å². The molecule has 4 rings (SSSR count). The van der Waals surface area contributed by atoms with Crippen LogP contribution < -0.4 is 5.32 Å². The number of hydrogen-bond acceptors (Lipinski definition) is 4. The van der Waals surface area contributed by atoms with Crippen LogP contribution in [0.2, 0.25) is 0 Å². The van der Waals surface area contributed by atoms with Gasteiger partial charge in [-0.15, -0.1) is 0 Å². The van der Waals surface area contributed by atoms with E-state index in [1.807, 2.05) is 30.3 Å². The molecular weight excluding hydrogens is 304 g/mol. The average Bonchev–Trinajstić information content (AvgIpc) is 3.10. The summed E-state index contributed by atoms with van der Waals surface area (Å²) in [6, 6.07) is 18.0. The Morgan fingerprint density at radius 3 is 2.75 bits per heavy atom. The van der Waals surface area contributed by atoms with E-state index < -0.39 is 0 Å². The van der Waals surface area contributed by atoms with Gasteiger partial charge in [-0.25, -0.2) is 0 Å². The Labute approximate surface area is 139 Å². The summed E-state index contributed by atoms with van der Waals surface area (Å²) < 4.78 is 5.41. The van der Waals surface area contributed by atoms with Crippen molar-refractivity contribution in [2.24, 2.45) is 0 Å². The largest absolute Gasteiger partial charge is 0.508 e. The molecule has 2 aromatic carbocycles. The summed E-state index contributed by atoms with van der Waals surface area (Å²) in [7, 11) is 0. The number of phenols is 1. The zero-order valence-corrected chi connectivity index (χ0v) is 12.8. The molecule has 0 aliphatic carbocycles. The van der Waals surface area contributed by atoms with Crippen LogP contribution >= 0.6 is 0 Å². The van der Waals surface area contributed by atoms with Crippen LogP contribution in [0.5, 0.6) is 5.75 Å². The molecule has 1 aliphatic heterocycles. The molecule has 0 bridgehead atoms. The highest BCUT2D eigenvalue weighted by atomic mass is 16.3. The molecule has 3 aromatic rings. The Bertz CT molecular complexity index is 874. The molecule has 1 aliphatic rings. The second kappa shape index (κ2) is 5.77. The fourth-order valence-electron chi connectivity index (χ4n) is 2.98. The van der Waals surface area contributed by atoms with E-state index in [4.69, 9.17) is 4.42 Å². The monoisotopic (exact) mass is 320 g/mol. The summed E-state index contributed by atoms with van der Waals surface area (Å²) in [5.74, 6) is 0.794. The van der Waals surface area contributed by atoms with Crippen molar-refractivity contribution in [3.8, 4) is 5.75 Å². The minimum atomic E-state index is -0.385. The van der Waals surface area contributed by atoms with E-state index in [1.54, 1.807) is 41.5 Å². The molecule has 2 heterocycles. The number of benzene rings is 2. The molecule has 1 aromatic heterocycles. The SMILES string of the molecule is O=C1c2ccccc2N[C@H](c2cccc(O)c2)N1Cc1ccco1. The average molecular weight is 320 g/mol. The molecule has 1 atom stereocenters. The van der Waals surface area contributed by atoms with Crippen LogP contribution in [0.4, 0.5) is 5.69 Å². The normalized spacial score (nSPS) is 16.6. The van der Waals surface area contributed by atoms with Crippen LogP contribution in [0.1, 0.15) is 27.8 Å². The van der Waals surface area contributed by atoms with E-state index in [2.05, 4.69) is 5.32 Å². The van der Waals surface area contributed by atoms with Crippen molar-refractivity contribution in [2.45, 2.75) is 12.7 Å². The number of hydrogen-bond donors (Lipinski definition) is 2. The van der Waals surface area contributed by atoms with Gasteiger partial charge in [0.05, 0.1) is 18.4 Å². The van der Waals surface area contributed by atoms with Crippen LogP contribution in [0.3, 0.4) is 0 Å². The standard InChI is InChI=1S/C19H16N2O3/c22-14-6-3-5-13(11-14)18-20-17-9-2-1-8-16(17)19(23)21(18)12-15-7-4-10-24-15/h1-11,18,20,22H,12H2/t18-/m0/s1. The topological polar surface area (TPSA) is 65.7 Å². The first-order valence-electron chi connectivity index (χ1n) is 7.70. The molecule has 0 saturated heterocycles. The summed E-state index contributed by atoms with van der Waals surface area (Å²) in [4.78, 5) is 14.7. The molecule has 5 heteroatoms. The lowest BCUT2D eigenvalue weighted by atomic mass is 10.0. The number of nitrogens with one attached hydrogen (secondary N) is 1. The van der Waals surface area contributed by atoms with Gasteiger partial charge in [-0.3, -0.25) is 4.79 Å². The molecule has 2 N–H and O–H groups in total. The van der Waals surface area contributed by atoms with Gasteiger partial charge in [-0.1, -0.05) is 24.3 Å². The summed E-state index contributed by atoms with van der Waals surface area (Å²) >= 11 is 0. The van der Waals surface area contributed by atoms with Crippen molar-refractivity contribution < 1.29 is 14.3 Å². The molecule has 24 heavy (non-hydrogen) atoms. The highest BCUT2D eigenvalue weighted by Crippen LogP contribution is 2.34. The summed E-state index contributed by atoms with van der Waals surface area (Å²) in [6.45, 7) is 0.341. The zero-order valence-electron chi connectivity index (χ0n) is 12.8. The fraction of sp³-hybridized carbons (Fsp3) is 0.105. The van der Waals surface area contributed by atoms with Crippen molar-refractivity contribution in [3.05, 3.63) is 83.8 Å². The number of furan rings is 1. The number of aromatic hydroxyl groups is 1. The van der Waals surface area contributed by atoms with Gasteiger partial charge in [-0.2, -0.15) is 0 Å². The van der Waals surface area contributed by atoms with Gasteiger partial charge in [0.2, 0.25) is 0 Å². The maximum Gasteiger partial charge on any atom is 0.258 e. The number of rotatable bonds is 3. The number of fused-ring (bicyclic) bond motifs is 1. The number of anilines is 1. The van der Waals surface area contributed by atoms with Crippen LogP contribution in [0.25, 0.3) is 0 Å². The number of phenolic OH excluding ortho intramolecular Hbond substituents is 1. The molecular formula is C19H16N2O3. The van der Waals surface area contributed by atoms with Gasteiger partial charge < -0.3 is 19.7 Å². The molecule has 0 saturated carbocycles. The molecule has 0 fully saturated rings. The molecule has 120 valence electrons. The van der Waals surface area contributed by atoms with Gasteiger partial charge in [-0.05, 0) is 42.0 Å². The van der Waals surface area contributed by atoms with Gasteiger partial charge in [0.1, 0.15) is 17.7 Å². The number of carbonyl (C=O) groups is 1. The van der Waals surface area contributed by atoms with Crippen molar-refractivity contribution in [3.63, 3.8) is 0 Å². The van der Waals surface area contributed by atoms with Gasteiger partial charge in [0, 0.05) is 5.69 Å². The molecule has 5 nitrogen and oxygen atoms in total. The Kier molecular flexibility index (Phi) is 3.46. The van der Waals surface area contributed by atoms with E-state index in [1.165, 1.54) is 0 Å². The first kappa shape index (κ1) is 14.4. The number of amides is 1. The van der Waals surface area contributed by atoms with Crippen molar-refractivity contribution >= 4 is 11.6 Å². The van der Waals surface area contributed by atoms with E-state index in [9.17, 15) is 9.90 Å². The summed E-state index contributed by atoms with van der Waals surface area (Å²) in [5, 5.41) is 13.2. The predicted molar refractivity (Wildman–Crippen MR) is 89.5 cm³/mol. The lowest BCUT2D eigenvalue weighted by Gasteiger charge is -2.37. The van der Waals surface area contributed by atoms with E-state index in [0.29, 0.717) is 17.9 Å². The first-order valence-corrected chi connectivity index (χ1v) is 7.70. The lowest BCUT2D eigenvalue weighted by molar-refractivity contribution is 0.0651. The highest BCUT2D eigenvalue weighted by molar-refractivity contribution is 6.01. The number of nitrogens with zero attached hydrogens (tertiary/aromatic N) is 1. The Morgan fingerprint density at radius 1 is 1.08 bits per heavy atom. The van der Waals surface area contributed by atoms with Gasteiger partial charge in [0.25, 0.3) is 5.91 Å². The van der Waals surface area contributed by atoms with Crippen LogP contribution in [-0.2, 0) is 6.54 Å². The first-order chi connectivity index (χ1) is 11.7. The number of carbonyl (C=O) groups excluding carboxylic acids is 1.